The average Bonchev–Trinajstić information content (AvgIpc) is 2.97. The Labute approximate surface area is 125 Å². The van der Waals surface area contributed by atoms with Crippen LogP contribution in [0.5, 0.6) is 0 Å². The van der Waals surface area contributed by atoms with Gasteiger partial charge in [-0.05, 0) is 61.5 Å². The van der Waals surface area contributed by atoms with Crippen LogP contribution in [0.25, 0.3) is 5.69 Å². The maximum absolute atomic E-state index is 4.17. The molecule has 0 unspecified atom stereocenters. The van der Waals surface area contributed by atoms with Crippen LogP contribution in [0.2, 0.25) is 0 Å². The molecule has 2 aromatic rings. The minimum absolute atomic E-state index is 0.770. The molecule has 0 spiro atoms. The monoisotopic (exact) mass is 286 g/mol. The number of piperidine rings is 1. The van der Waals surface area contributed by atoms with Crippen molar-refractivity contribution in [2.75, 3.05) is 26.7 Å². The highest BCUT2D eigenvalue weighted by atomic mass is 15.5. The van der Waals surface area contributed by atoms with Gasteiger partial charge < -0.3 is 5.32 Å². The van der Waals surface area contributed by atoms with E-state index in [1.54, 1.807) is 0 Å². The highest BCUT2D eigenvalue weighted by Crippen LogP contribution is 2.14. The molecule has 1 fully saturated rings. The lowest BCUT2D eigenvalue weighted by atomic mass is 9.98. The molecule has 112 valence electrons. The second kappa shape index (κ2) is 6.78. The van der Waals surface area contributed by atoms with Gasteiger partial charge in [-0.1, -0.05) is 18.2 Å². The normalized spacial score (nSPS) is 16.5. The smallest absolute Gasteiger partial charge is 0.170 e. The van der Waals surface area contributed by atoms with Crippen molar-refractivity contribution in [2.45, 2.75) is 19.4 Å². The van der Waals surface area contributed by atoms with Crippen LogP contribution in [-0.4, -0.2) is 51.8 Å². The van der Waals surface area contributed by atoms with E-state index in [-0.39, 0.29) is 0 Å². The van der Waals surface area contributed by atoms with E-state index < -0.39 is 0 Å². The van der Waals surface area contributed by atoms with Crippen molar-refractivity contribution in [1.29, 1.82) is 0 Å². The van der Waals surface area contributed by atoms with Gasteiger partial charge in [0.2, 0.25) is 0 Å². The third-order valence-electron chi connectivity index (χ3n) is 3.97. The quantitative estimate of drug-likeness (QED) is 0.892. The molecular weight excluding hydrogens is 264 g/mol. The van der Waals surface area contributed by atoms with Gasteiger partial charge in [0.15, 0.2) is 5.82 Å². The number of benzene rings is 1. The molecule has 21 heavy (non-hydrogen) atoms. The highest BCUT2D eigenvalue weighted by Gasteiger charge is 2.17. The van der Waals surface area contributed by atoms with E-state index in [0.29, 0.717) is 0 Å². The van der Waals surface area contributed by atoms with Crippen molar-refractivity contribution in [3.63, 3.8) is 0 Å². The number of para-hydroxylation sites is 1. The van der Waals surface area contributed by atoms with Crippen molar-refractivity contribution in [3.05, 3.63) is 36.2 Å². The van der Waals surface area contributed by atoms with Crippen molar-refractivity contribution in [2.24, 2.45) is 5.92 Å². The molecule has 1 aromatic carbocycles. The maximum atomic E-state index is 4.17. The van der Waals surface area contributed by atoms with Gasteiger partial charge in [-0.3, -0.25) is 4.90 Å². The lowest BCUT2D eigenvalue weighted by Gasteiger charge is -2.27. The molecule has 0 bridgehead atoms. The minimum atomic E-state index is 0.770. The maximum Gasteiger partial charge on any atom is 0.170 e. The first-order valence-corrected chi connectivity index (χ1v) is 7.55. The third kappa shape index (κ3) is 3.65. The van der Waals surface area contributed by atoms with Crippen molar-refractivity contribution >= 4 is 0 Å². The first kappa shape index (κ1) is 14.2. The fraction of sp³-hybridized carbons (Fsp3) is 0.533. The summed E-state index contributed by atoms with van der Waals surface area (Å²) >= 11 is 0. The number of aromatic nitrogens is 4. The van der Waals surface area contributed by atoms with Crippen LogP contribution < -0.4 is 5.32 Å². The summed E-state index contributed by atoms with van der Waals surface area (Å²) in [5, 5.41) is 15.5. The van der Waals surface area contributed by atoms with E-state index in [1.165, 1.54) is 12.8 Å². The predicted octanol–water partition coefficient (Wildman–Crippen LogP) is 1.09. The highest BCUT2D eigenvalue weighted by molar-refractivity contribution is 5.30. The van der Waals surface area contributed by atoms with Crippen LogP contribution in [0, 0.1) is 5.92 Å². The summed E-state index contributed by atoms with van der Waals surface area (Å²) in [6.45, 7) is 4.15. The summed E-state index contributed by atoms with van der Waals surface area (Å²) in [4.78, 5) is 2.32. The van der Waals surface area contributed by atoms with E-state index in [2.05, 4.69) is 32.8 Å². The van der Waals surface area contributed by atoms with E-state index >= 15 is 0 Å². The van der Waals surface area contributed by atoms with Gasteiger partial charge in [0, 0.05) is 6.54 Å². The van der Waals surface area contributed by atoms with Crippen molar-refractivity contribution in [3.8, 4) is 5.69 Å². The Bertz CT molecular complexity index is 546. The molecule has 1 saturated heterocycles. The third-order valence-corrected chi connectivity index (χ3v) is 3.97. The van der Waals surface area contributed by atoms with Crippen LogP contribution >= 0.6 is 0 Å². The Balaban J connectivity index is 1.64. The summed E-state index contributed by atoms with van der Waals surface area (Å²) in [5.41, 5.74) is 1.01. The zero-order chi connectivity index (χ0) is 14.5. The molecule has 0 saturated carbocycles. The largest absolute Gasteiger partial charge is 0.317 e. The van der Waals surface area contributed by atoms with Crippen molar-refractivity contribution in [1.82, 2.24) is 30.4 Å². The first-order chi connectivity index (χ1) is 10.3. The number of nitrogens with one attached hydrogen (secondary N) is 1. The van der Waals surface area contributed by atoms with E-state index in [4.69, 9.17) is 0 Å². The van der Waals surface area contributed by atoms with Gasteiger partial charge >= 0.3 is 0 Å². The van der Waals surface area contributed by atoms with Crippen LogP contribution in [0.15, 0.2) is 30.3 Å². The van der Waals surface area contributed by atoms with Crippen LogP contribution in [0.1, 0.15) is 18.7 Å². The molecule has 0 atom stereocenters. The fourth-order valence-corrected chi connectivity index (χ4v) is 2.89. The van der Waals surface area contributed by atoms with Crippen LogP contribution in [0.4, 0.5) is 0 Å². The Kier molecular flexibility index (Phi) is 4.57. The molecular formula is C15H22N6. The Morgan fingerprint density at radius 2 is 2.00 bits per heavy atom. The minimum Gasteiger partial charge on any atom is -0.317 e. The fourth-order valence-electron chi connectivity index (χ4n) is 2.89. The summed E-state index contributed by atoms with van der Waals surface area (Å²) in [6, 6.07) is 10.0. The Hall–Kier alpha value is -1.79. The van der Waals surface area contributed by atoms with E-state index in [9.17, 15) is 0 Å². The standard InChI is InChI=1S/C15H22N6/c1-20(11-13-7-9-16-10-8-13)12-15-17-18-19-21(15)14-5-3-2-4-6-14/h2-6,13,16H,7-12H2,1H3. The van der Waals surface area contributed by atoms with Gasteiger partial charge in [-0.2, -0.15) is 4.68 Å². The Morgan fingerprint density at radius 1 is 1.24 bits per heavy atom. The molecule has 0 amide bonds. The van der Waals surface area contributed by atoms with Gasteiger partial charge in [0.25, 0.3) is 0 Å². The Morgan fingerprint density at radius 3 is 2.76 bits per heavy atom. The molecule has 6 heteroatoms. The van der Waals surface area contributed by atoms with E-state index in [0.717, 1.165) is 43.6 Å². The summed E-state index contributed by atoms with van der Waals surface area (Å²) in [7, 11) is 2.14. The molecule has 0 aliphatic carbocycles. The zero-order valence-corrected chi connectivity index (χ0v) is 12.4. The molecule has 1 N–H and O–H groups in total. The topological polar surface area (TPSA) is 58.9 Å². The van der Waals surface area contributed by atoms with Gasteiger partial charge in [-0.25, -0.2) is 0 Å². The number of tetrazole rings is 1. The summed E-state index contributed by atoms with van der Waals surface area (Å²) < 4.78 is 1.82. The average molecular weight is 286 g/mol. The zero-order valence-electron chi connectivity index (χ0n) is 12.4. The summed E-state index contributed by atoms with van der Waals surface area (Å²) in [5.74, 6) is 1.66. The number of nitrogens with zero attached hydrogens (tertiary/aromatic N) is 5. The number of hydrogen-bond donors (Lipinski definition) is 1. The SMILES string of the molecule is CN(Cc1nnnn1-c1ccccc1)CC1CCNCC1. The molecule has 6 nitrogen and oxygen atoms in total. The number of hydrogen-bond acceptors (Lipinski definition) is 5. The van der Waals surface area contributed by atoms with Gasteiger partial charge in [0.1, 0.15) is 0 Å². The lowest BCUT2D eigenvalue weighted by molar-refractivity contribution is 0.229. The van der Waals surface area contributed by atoms with E-state index in [1.807, 2.05) is 35.0 Å². The molecule has 1 aliphatic heterocycles. The molecule has 0 radical (unpaired) electrons. The second-order valence-corrected chi connectivity index (χ2v) is 5.73. The van der Waals surface area contributed by atoms with Gasteiger partial charge in [0.05, 0.1) is 12.2 Å². The first-order valence-electron chi connectivity index (χ1n) is 7.55. The predicted molar refractivity (Wildman–Crippen MR) is 81.1 cm³/mol. The number of rotatable bonds is 5. The van der Waals surface area contributed by atoms with Crippen molar-refractivity contribution < 1.29 is 0 Å². The molecule has 3 rings (SSSR count). The summed E-state index contributed by atoms with van der Waals surface area (Å²) in [6.07, 6.45) is 2.52. The molecule has 1 aliphatic rings. The molecule has 1 aromatic heterocycles. The second-order valence-electron chi connectivity index (χ2n) is 5.73. The lowest BCUT2D eigenvalue weighted by Crippen LogP contribution is -2.34. The van der Waals surface area contributed by atoms with Crippen LogP contribution in [0.3, 0.4) is 0 Å². The van der Waals surface area contributed by atoms with Gasteiger partial charge in [-0.15, -0.1) is 5.10 Å². The van der Waals surface area contributed by atoms with Crippen LogP contribution in [-0.2, 0) is 6.54 Å². The molecule has 2 heterocycles.